The molecule has 7 nitrogen and oxygen atoms in total. The van der Waals surface area contributed by atoms with Gasteiger partial charge >= 0.3 is 6.03 Å². The Labute approximate surface area is 184 Å². The highest BCUT2D eigenvalue weighted by Crippen LogP contribution is 2.22. The molecule has 1 saturated heterocycles. The number of amides is 3. The average Bonchev–Trinajstić information content (AvgIpc) is 2.76. The summed E-state index contributed by atoms with van der Waals surface area (Å²) in [6.07, 6.45) is 1.04. The molecule has 166 valence electrons. The van der Waals surface area contributed by atoms with E-state index in [-0.39, 0.29) is 24.3 Å². The first-order chi connectivity index (χ1) is 15.0. The van der Waals surface area contributed by atoms with Gasteiger partial charge in [-0.3, -0.25) is 4.79 Å². The van der Waals surface area contributed by atoms with Crippen LogP contribution < -0.4 is 16.0 Å². The van der Waals surface area contributed by atoms with Crippen molar-refractivity contribution in [1.29, 1.82) is 0 Å². The highest BCUT2D eigenvalue weighted by Gasteiger charge is 2.31. The standard InChI is InChI=1S/C22H25ClFN3O4/c23-14-5-7-15(8-6-14)26-22(30)27-19-10-9-16(31-20(19)13-28)11-12-25-21(29)17-3-1-2-4-18(17)24/h1-8,16,19-20,28H,9-13H2,(H,25,29)(H2,26,27,30)/t16-,19-,20-/m0/s1. The predicted molar refractivity (Wildman–Crippen MR) is 116 cm³/mol. The van der Waals surface area contributed by atoms with Crippen molar-refractivity contribution in [2.75, 3.05) is 18.5 Å². The largest absolute Gasteiger partial charge is 0.394 e. The van der Waals surface area contributed by atoms with Gasteiger partial charge in [-0.25, -0.2) is 9.18 Å². The first-order valence-electron chi connectivity index (χ1n) is 10.1. The summed E-state index contributed by atoms with van der Waals surface area (Å²) in [5, 5.41) is 18.5. The van der Waals surface area contributed by atoms with Gasteiger partial charge in [-0.15, -0.1) is 0 Å². The van der Waals surface area contributed by atoms with Gasteiger partial charge in [0.2, 0.25) is 0 Å². The lowest BCUT2D eigenvalue weighted by Crippen LogP contribution is -2.52. The van der Waals surface area contributed by atoms with E-state index in [1.807, 2.05) is 0 Å². The Morgan fingerprint density at radius 2 is 1.87 bits per heavy atom. The van der Waals surface area contributed by atoms with Crippen LogP contribution in [0.3, 0.4) is 0 Å². The van der Waals surface area contributed by atoms with Crippen molar-refractivity contribution < 1.29 is 23.8 Å². The Balaban J connectivity index is 1.43. The van der Waals surface area contributed by atoms with Gasteiger partial charge < -0.3 is 25.8 Å². The minimum absolute atomic E-state index is 0.00346. The quantitative estimate of drug-likeness (QED) is 0.521. The summed E-state index contributed by atoms with van der Waals surface area (Å²) in [7, 11) is 0. The molecule has 0 bridgehead atoms. The number of aliphatic hydroxyl groups is 1. The molecule has 2 aromatic carbocycles. The minimum atomic E-state index is -0.569. The number of hydrogen-bond donors (Lipinski definition) is 4. The molecular formula is C22H25ClFN3O4. The van der Waals surface area contributed by atoms with Crippen LogP contribution >= 0.6 is 11.6 Å². The zero-order chi connectivity index (χ0) is 22.2. The number of ether oxygens (including phenoxy) is 1. The fourth-order valence-corrected chi connectivity index (χ4v) is 3.59. The van der Waals surface area contributed by atoms with Crippen molar-refractivity contribution in [2.45, 2.75) is 37.5 Å². The highest BCUT2D eigenvalue weighted by molar-refractivity contribution is 6.30. The summed E-state index contributed by atoms with van der Waals surface area (Å²) in [6, 6.07) is 11.8. The molecule has 0 saturated carbocycles. The zero-order valence-electron chi connectivity index (χ0n) is 16.8. The van der Waals surface area contributed by atoms with Crippen molar-refractivity contribution >= 4 is 29.2 Å². The second kappa shape index (κ2) is 11.1. The molecule has 1 fully saturated rings. The number of carbonyl (C=O) groups excluding carboxylic acids is 2. The molecule has 9 heteroatoms. The third kappa shape index (κ3) is 6.65. The first kappa shape index (κ1) is 23.0. The minimum Gasteiger partial charge on any atom is -0.394 e. The fraction of sp³-hybridized carbons (Fsp3) is 0.364. The predicted octanol–water partition coefficient (Wildman–Crippen LogP) is 3.33. The summed E-state index contributed by atoms with van der Waals surface area (Å²) in [5.74, 6) is -1.05. The van der Waals surface area contributed by atoms with Crippen molar-refractivity contribution in [3.8, 4) is 0 Å². The number of halogens is 2. The maximum absolute atomic E-state index is 13.7. The highest BCUT2D eigenvalue weighted by atomic mass is 35.5. The Morgan fingerprint density at radius 3 is 2.58 bits per heavy atom. The second-order valence-corrected chi connectivity index (χ2v) is 7.73. The number of rotatable bonds is 7. The van der Waals surface area contributed by atoms with E-state index in [4.69, 9.17) is 16.3 Å². The van der Waals surface area contributed by atoms with Crippen molar-refractivity contribution in [3.63, 3.8) is 0 Å². The van der Waals surface area contributed by atoms with Crippen LogP contribution in [0.2, 0.25) is 5.02 Å². The summed E-state index contributed by atoms with van der Waals surface area (Å²) < 4.78 is 19.6. The Hall–Kier alpha value is -2.68. The molecule has 3 rings (SSSR count). The van der Waals surface area contributed by atoms with E-state index in [2.05, 4.69) is 16.0 Å². The van der Waals surface area contributed by atoms with Crippen LogP contribution in [0.15, 0.2) is 48.5 Å². The molecule has 2 aromatic rings. The molecule has 0 unspecified atom stereocenters. The number of aliphatic hydroxyl groups excluding tert-OH is 1. The molecule has 0 spiro atoms. The number of anilines is 1. The first-order valence-corrected chi connectivity index (χ1v) is 10.5. The van der Waals surface area contributed by atoms with Gasteiger partial charge in [0.25, 0.3) is 5.91 Å². The Kier molecular flexibility index (Phi) is 8.22. The van der Waals surface area contributed by atoms with Crippen LogP contribution in [0, 0.1) is 5.82 Å². The molecule has 1 aliphatic rings. The van der Waals surface area contributed by atoms with Gasteiger partial charge in [-0.2, -0.15) is 0 Å². The summed E-state index contributed by atoms with van der Waals surface area (Å²) >= 11 is 5.83. The van der Waals surface area contributed by atoms with E-state index in [0.29, 0.717) is 36.5 Å². The Morgan fingerprint density at radius 1 is 1.13 bits per heavy atom. The van der Waals surface area contributed by atoms with Gasteiger partial charge in [-0.05, 0) is 55.7 Å². The third-order valence-corrected chi connectivity index (χ3v) is 5.34. The van der Waals surface area contributed by atoms with Crippen molar-refractivity contribution in [3.05, 3.63) is 64.9 Å². The number of nitrogens with one attached hydrogen (secondary N) is 3. The lowest BCUT2D eigenvalue weighted by atomic mass is 9.97. The molecule has 31 heavy (non-hydrogen) atoms. The maximum Gasteiger partial charge on any atom is 0.319 e. The monoisotopic (exact) mass is 449 g/mol. The van der Waals surface area contributed by atoms with Crippen LogP contribution in [-0.2, 0) is 4.74 Å². The Bertz CT molecular complexity index is 897. The van der Waals surface area contributed by atoms with Gasteiger partial charge in [0.1, 0.15) is 11.9 Å². The number of hydrogen-bond acceptors (Lipinski definition) is 4. The maximum atomic E-state index is 13.7. The van der Waals surface area contributed by atoms with Gasteiger partial charge in [-0.1, -0.05) is 23.7 Å². The van der Waals surface area contributed by atoms with Crippen LogP contribution in [0.25, 0.3) is 0 Å². The SMILES string of the molecule is O=C(Nc1ccc(Cl)cc1)N[C@H]1CC[C@@H](CCNC(=O)c2ccccc2F)O[C@H]1CO. The van der Waals surface area contributed by atoms with E-state index in [1.165, 1.54) is 18.2 Å². The van der Waals surface area contributed by atoms with Crippen LogP contribution in [0.1, 0.15) is 29.6 Å². The van der Waals surface area contributed by atoms with Crippen LogP contribution in [-0.4, -0.2) is 48.4 Å². The summed E-state index contributed by atoms with van der Waals surface area (Å²) in [6.45, 7) is 0.0646. The lowest BCUT2D eigenvalue weighted by molar-refractivity contribution is -0.0886. The number of carbonyl (C=O) groups is 2. The van der Waals surface area contributed by atoms with Gasteiger partial charge in [0.05, 0.1) is 24.3 Å². The second-order valence-electron chi connectivity index (χ2n) is 7.29. The summed E-state index contributed by atoms with van der Waals surface area (Å²) in [4.78, 5) is 24.3. The normalized spacial score (nSPS) is 20.7. The topological polar surface area (TPSA) is 99.7 Å². The molecule has 3 amide bonds. The lowest BCUT2D eigenvalue weighted by Gasteiger charge is -2.36. The van der Waals surface area contributed by atoms with Crippen molar-refractivity contribution in [2.24, 2.45) is 0 Å². The van der Waals surface area contributed by atoms with Crippen LogP contribution in [0.5, 0.6) is 0 Å². The van der Waals surface area contributed by atoms with Crippen LogP contribution in [0.4, 0.5) is 14.9 Å². The molecule has 0 radical (unpaired) electrons. The molecule has 0 aliphatic carbocycles. The summed E-state index contributed by atoms with van der Waals surface area (Å²) in [5.41, 5.74) is 0.596. The molecule has 1 heterocycles. The smallest absolute Gasteiger partial charge is 0.319 e. The molecule has 4 N–H and O–H groups in total. The zero-order valence-corrected chi connectivity index (χ0v) is 17.6. The molecule has 1 aliphatic heterocycles. The third-order valence-electron chi connectivity index (χ3n) is 5.08. The molecule has 0 aromatic heterocycles. The number of benzene rings is 2. The van der Waals surface area contributed by atoms with E-state index >= 15 is 0 Å². The van der Waals surface area contributed by atoms with E-state index in [0.717, 1.165) is 0 Å². The van der Waals surface area contributed by atoms with Crippen molar-refractivity contribution in [1.82, 2.24) is 10.6 Å². The molecular weight excluding hydrogens is 425 g/mol. The van der Waals surface area contributed by atoms with Gasteiger partial charge in [0.15, 0.2) is 0 Å². The fourth-order valence-electron chi connectivity index (χ4n) is 3.47. The van der Waals surface area contributed by atoms with Gasteiger partial charge in [0, 0.05) is 17.3 Å². The van der Waals surface area contributed by atoms with E-state index in [9.17, 15) is 19.1 Å². The average molecular weight is 450 g/mol. The number of urea groups is 1. The molecule has 3 atom stereocenters. The van der Waals surface area contributed by atoms with E-state index < -0.39 is 23.9 Å². The van der Waals surface area contributed by atoms with E-state index in [1.54, 1.807) is 30.3 Å².